The molecule has 9 rings (SSSR count). The highest BCUT2D eigenvalue weighted by atomic mass is 32.2. The third-order valence-corrected chi connectivity index (χ3v) is 33.4. The van der Waals surface area contributed by atoms with Gasteiger partial charge in [0.2, 0.25) is 29.0 Å². The summed E-state index contributed by atoms with van der Waals surface area (Å²) in [6, 6.07) is 19.2. The number of aromatic amines is 1. The van der Waals surface area contributed by atoms with Crippen LogP contribution in [0.4, 0.5) is 17.3 Å². The van der Waals surface area contributed by atoms with E-state index >= 15 is 0 Å². The number of nitrogens with zero attached hydrogens (tertiary/aromatic N) is 8. The van der Waals surface area contributed by atoms with Gasteiger partial charge in [0.25, 0.3) is 11.5 Å². The number of anilines is 3. The maximum atomic E-state index is 13.7. The van der Waals surface area contributed by atoms with Crippen molar-refractivity contribution < 1.29 is 88.4 Å². The Morgan fingerprint density at radius 2 is 1.48 bits per heavy atom. The zero-order valence-electron chi connectivity index (χ0n) is 67.2. The number of carbonyl (C=O) groups is 9. The van der Waals surface area contributed by atoms with Crippen molar-refractivity contribution in [2.24, 2.45) is 17.6 Å². The fraction of sp³-hybridized carbons (Fsp3) is 0.436. The summed E-state index contributed by atoms with van der Waals surface area (Å²) in [6.45, 7) is 23.9. The summed E-state index contributed by atoms with van der Waals surface area (Å²) >= 11 is 2.46. The van der Waals surface area contributed by atoms with Crippen molar-refractivity contribution >= 4 is 153 Å². The molecule has 6 aromatic rings. The van der Waals surface area contributed by atoms with Crippen LogP contribution in [0.25, 0.3) is 44.6 Å². The Bertz CT molecular complexity index is 5380. The smallest absolute Gasteiger partial charge is 0.326 e. The number of sulfone groups is 1. The van der Waals surface area contributed by atoms with E-state index in [4.69, 9.17) is 20.0 Å². The molecule has 34 nitrogen and oxygen atoms in total. The van der Waals surface area contributed by atoms with Gasteiger partial charge >= 0.3 is 17.9 Å². The molecule has 4 amide bonds. The lowest BCUT2D eigenvalue weighted by molar-refractivity contribution is -0.144. The second-order valence-electron chi connectivity index (χ2n) is 29.3. The minimum atomic E-state index is -5.15. The molecule has 1 aliphatic carbocycles. The topological polar surface area (TPSA) is 523 Å². The number of carboxylic acids is 3. The number of hydrogen-bond donors (Lipinski definition) is 9. The van der Waals surface area contributed by atoms with Gasteiger partial charge in [0, 0.05) is 127 Å². The van der Waals surface area contributed by atoms with Crippen molar-refractivity contribution in [2.75, 3.05) is 72.1 Å². The Hall–Kier alpha value is -10.2. The lowest BCUT2D eigenvalue weighted by Gasteiger charge is -2.33. The predicted octanol–water partition coefficient (Wildman–Crippen LogP) is 6.95. The highest BCUT2D eigenvalue weighted by Gasteiger charge is 2.40. The second-order valence-corrected chi connectivity index (χ2v) is 44.1. The van der Waals surface area contributed by atoms with Crippen molar-refractivity contribution in [3.8, 4) is 22.5 Å². The summed E-state index contributed by atoms with van der Waals surface area (Å²) in [5, 5.41) is 38.7. The van der Waals surface area contributed by atoms with Crippen LogP contribution in [0.15, 0.2) is 122 Å². The number of ketones is 2. The van der Waals surface area contributed by atoms with Gasteiger partial charge in [-0.05, 0) is 140 Å². The fourth-order valence-electron chi connectivity index (χ4n) is 13.6. The van der Waals surface area contributed by atoms with Gasteiger partial charge in [-0.15, -0.1) is 11.8 Å². The third kappa shape index (κ3) is 25.2. The number of nitrogens with one attached hydrogen (secondary N) is 4. The lowest BCUT2D eigenvalue weighted by Crippen LogP contribution is -2.49. The molecule has 3 aromatic carbocycles. The second kappa shape index (κ2) is 41.5. The number of aromatic nitrogens is 6. The Morgan fingerprint density at radius 1 is 0.797 bits per heavy atom. The number of aryl methyl sites for hydroxylation is 1. The van der Waals surface area contributed by atoms with Crippen molar-refractivity contribution in [3.63, 3.8) is 0 Å². The number of hydrogen-bond acceptors (Lipinski definition) is 28. The first-order chi connectivity index (χ1) is 55.7. The number of likely N-dealkylation sites (tertiary alicyclic amines) is 1. The standard InChI is InChI=1S/C41H56N4O7S3Si2.C37H44N10O13S/c1-10-23-56(6,7)52-57(8,9)29-53-41-42-27-30(28-43-41)21-22-54(46,47)33-17-20-36(39(26-33)55(48,49)50)40-34-18-15-31(44(11-2)12-3)24-37(34)51-38-25-32(16-19-35(38)40)45(13-4)14-5;1-2-47-27(50)12-26(34(47)56)61-16-19(35(57)58)10-25(49)24(13-38)44-32(54)18(11-28(51)52)9-22(48)7-8-23(36(59)60)43-31(53)17-3-5-20(6-4-17)40-14-21-15-41-30-29(42-21)33(55)46-37(39)45-30/h15-20,24-28H,10-14,21-23,29H2,1-9H3;3-6,15,18-19,23-24,26,40H,2,7-14,16,38H2,1H3,(H,43,53)(H,44,54)(H,51,52)(H,57,58)(H,59,60)(H3,39,41,45,46,55)/t;18-,19-,23-,24-,26?/m.0/s1. The Kier molecular flexibility index (Phi) is 32.8. The highest BCUT2D eigenvalue weighted by Crippen LogP contribution is 2.44. The Labute approximate surface area is 692 Å². The molecule has 0 bridgehead atoms. The number of aliphatic carboxylic acids is 3. The molecule has 1 unspecified atom stereocenters. The predicted molar refractivity (Wildman–Crippen MR) is 450 cm³/mol. The maximum absolute atomic E-state index is 13.7. The zero-order valence-corrected chi connectivity index (χ0v) is 72.5. The number of nitrogen functional groups attached to an aromatic ring is 1. The molecule has 1 saturated heterocycles. The van der Waals surface area contributed by atoms with E-state index < -0.39 is 168 Å². The summed E-state index contributed by atoms with van der Waals surface area (Å²) in [5.74, 6) is -11.5. The molecule has 0 radical (unpaired) electrons. The summed E-state index contributed by atoms with van der Waals surface area (Å²) in [4.78, 5) is 150. The highest BCUT2D eigenvalue weighted by molar-refractivity contribution is 8.01. The number of benzene rings is 4. The van der Waals surface area contributed by atoms with Gasteiger partial charge in [0.15, 0.2) is 48.6 Å². The van der Waals surface area contributed by atoms with E-state index in [1.807, 2.05) is 36.4 Å². The molecule has 1 fully saturated rings. The summed E-state index contributed by atoms with van der Waals surface area (Å²) in [7, 11) is -12.9. The van der Waals surface area contributed by atoms with Gasteiger partial charge < -0.3 is 60.7 Å². The molecule has 0 spiro atoms. The van der Waals surface area contributed by atoms with Crippen LogP contribution in [0, 0.1) is 11.8 Å². The molecule has 118 heavy (non-hydrogen) atoms. The van der Waals surface area contributed by atoms with Crippen LogP contribution in [-0.4, -0.2) is 215 Å². The molecule has 2 aliphatic heterocycles. The van der Waals surface area contributed by atoms with Crippen LogP contribution in [-0.2, 0) is 75.4 Å². The number of Topliss-reactive ketones (excluding diaryl/α,β-unsaturated/α-hetero) is 2. The molecule has 40 heteroatoms. The molecule has 3 aliphatic rings. The van der Waals surface area contributed by atoms with Gasteiger partial charge in [0.05, 0.1) is 69.6 Å². The van der Waals surface area contributed by atoms with Crippen molar-refractivity contribution in [3.05, 3.63) is 130 Å². The van der Waals surface area contributed by atoms with Gasteiger partial charge in [0.1, 0.15) is 46.4 Å². The third-order valence-electron chi connectivity index (χ3n) is 19.5. The van der Waals surface area contributed by atoms with Gasteiger partial charge in [-0.3, -0.25) is 53.0 Å². The van der Waals surface area contributed by atoms with Crippen molar-refractivity contribution in [2.45, 2.75) is 164 Å². The van der Waals surface area contributed by atoms with Crippen LogP contribution in [0.1, 0.15) is 108 Å². The first-order valence-electron chi connectivity index (χ1n) is 38.4. The van der Waals surface area contributed by atoms with Gasteiger partial charge in [-0.25, -0.2) is 46.1 Å². The number of fused-ring (bicyclic) bond motifs is 3. The van der Waals surface area contributed by atoms with E-state index in [1.54, 1.807) is 31.1 Å². The van der Waals surface area contributed by atoms with Crippen LogP contribution < -0.4 is 47.8 Å². The van der Waals surface area contributed by atoms with E-state index in [-0.39, 0.29) is 70.6 Å². The van der Waals surface area contributed by atoms with Crippen LogP contribution in [0.3, 0.4) is 0 Å². The first kappa shape index (κ1) is 93.3. The van der Waals surface area contributed by atoms with Crippen LogP contribution >= 0.6 is 23.5 Å². The Balaban J connectivity index is 0.000000295. The minimum absolute atomic E-state index is 0.00727. The van der Waals surface area contributed by atoms with E-state index in [1.165, 1.54) is 42.6 Å². The van der Waals surface area contributed by atoms with Gasteiger partial charge in [-0.2, -0.15) is 4.98 Å². The monoisotopic (exact) mass is 1740 g/mol. The molecule has 5 atom stereocenters. The average Bonchev–Trinajstić information content (AvgIpc) is 0.824. The number of imide groups is 1. The van der Waals surface area contributed by atoms with Crippen LogP contribution in [0.5, 0.6) is 0 Å². The molecule has 5 heterocycles. The zero-order chi connectivity index (χ0) is 86.7. The largest absolute Gasteiger partial charge is 0.744 e. The molecule has 11 N–H and O–H groups in total. The molecule has 0 saturated carbocycles. The van der Waals surface area contributed by atoms with Crippen molar-refractivity contribution in [1.82, 2.24) is 50.0 Å². The molecular formula is C78H100N14O20S4Si2. The van der Waals surface area contributed by atoms with E-state index in [2.05, 4.69) is 116 Å². The van der Waals surface area contributed by atoms with E-state index in [9.17, 15) is 84.7 Å². The van der Waals surface area contributed by atoms with E-state index in [0.717, 1.165) is 77.8 Å². The fourth-order valence-corrected chi connectivity index (χ4v) is 27.4. The van der Waals surface area contributed by atoms with E-state index in [0.29, 0.717) is 50.0 Å². The number of rotatable bonds is 42. The quantitative estimate of drug-likeness (QED) is 0.00355. The normalized spacial score (nSPS) is 14.3. The number of carbonyl (C=O) groups excluding carboxylic acids is 6. The summed E-state index contributed by atoms with van der Waals surface area (Å²) < 4.78 is 81.9. The molecular weight excluding hydrogens is 1640 g/mol. The Morgan fingerprint density at radius 3 is 2.09 bits per heavy atom. The number of amides is 4. The van der Waals surface area contributed by atoms with Gasteiger partial charge in [-0.1, -0.05) is 31.2 Å². The van der Waals surface area contributed by atoms with Crippen LogP contribution in [0.2, 0.25) is 32.2 Å². The number of H-pyrrole nitrogens is 1. The lowest BCUT2D eigenvalue weighted by atomic mass is 9.93. The molecule has 3 aromatic heterocycles. The summed E-state index contributed by atoms with van der Waals surface area (Å²) in [5.41, 5.74) is 15.0. The first-order valence-corrected chi connectivity index (χ1v) is 49.7. The number of carboxylic acid groups (broad SMARTS) is 3. The average molecular weight is 1740 g/mol. The minimum Gasteiger partial charge on any atom is -0.744 e. The SMILES string of the molecule is CCC[Si](C)(C)O[Si](C)(C)CSc1ncc(CCS(=O)(=O)c2ccc(-c3c4ccc(=[N+](CC)CC)cc-4oc4cc(N(CC)CC)ccc34)c(S(=O)(=O)[O-])c2)cn1.CCN1C(=O)CC(SC[C@H](CC(=O)[C@H](CN)NC(=O)[C@H](CC(=O)O)CC(=O)CC[C@H](NC(=O)c2ccc(NCc3cnc4nc(N)[nH]c(=O)c4n3)cc2)C(=O)O)C(=O)O)C1=O. The molecule has 634 valence electrons. The maximum Gasteiger partial charge on any atom is 0.326 e. The van der Waals surface area contributed by atoms with Crippen molar-refractivity contribution in [1.29, 1.82) is 0 Å². The number of thioether (sulfide) groups is 2. The summed E-state index contributed by atoms with van der Waals surface area (Å²) in [6.07, 6.45) is 2.69. The number of nitrogens with two attached hydrogens (primary N) is 2.